The Morgan fingerprint density at radius 1 is 1.19 bits per heavy atom. The molecule has 1 fully saturated rings. The van der Waals surface area contributed by atoms with Gasteiger partial charge in [-0.05, 0) is 25.0 Å². The minimum Gasteiger partial charge on any atom is -0.319 e. The average Bonchev–Trinajstić information content (AvgIpc) is 2.97. The lowest BCUT2D eigenvalue weighted by atomic mass is 10.2. The molecule has 0 aliphatic heterocycles. The van der Waals surface area contributed by atoms with Crippen molar-refractivity contribution < 1.29 is 0 Å². The number of aromatic nitrogens is 3. The molecule has 2 aromatic heterocycles. The molecule has 2 heterocycles. The van der Waals surface area contributed by atoms with E-state index < -0.39 is 0 Å². The van der Waals surface area contributed by atoms with Gasteiger partial charge >= 0.3 is 0 Å². The van der Waals surface area contributed by atoms with E-state index in [0.717, 1.165) is 29.7 Å². The van der Waals surface area contributed by atoms with Gasteiger partial charge in [0.05, 0.1) is 5.54 Å². The number of hydrogen-bond donors (Lipinski definition) is 1. The minimum absolute atomic E-state index is 0. The van der Waals surface area contributed by atoms with Gasteiger partial charge in [0.1, 0.15) is 0 Å². The van der Waals surface area contributed by atoms with Gasteiger partial charge in [0, 0.05) is 17.8 Å². The summed E-state index contributed by atoms with van der Waals surface area (Å²) in [6.07, 6.45) is 5.48. The van der Waals surface area contributed by atoms with E-state index in [4.69, 9.17) is 5.73 Å². The molecule has 0 saturated heterocycles. The largest absolute Gasteiger partial charge is 0.319 e. The van der Waals surface area contributed by atoms with Crippen LogP contribution in [0.5, 0.6) is 0 Å². The molecule has 0 amide bonds. The van der Waals surface area contributed by atoms with Crippen LogP contribution in [0.1, 0.15) is 18.7 Å². The van der Waals surface area contributed by atoms with Gasteiger partial charge in [-0.3, -0.25) is 0 Å². The van der Waals surface area contributed by atoms with E-state index in [1.54, 1.807) is 12.4 Å². The Morgan fingerprint density at radius 3 is 2.62 bits per heavy atom. The molecule has 2 N–H and O–H groups in total. The summed E-state index contributed by atoms with van der Waals surface area (Å²) in [4.78, 5) is 12.8. The molecule has 1 aliphatic rings. The number of halogens is 2. The van der Waals surface area contributed by atoms with Crippen LogP contribution in [0.3, 0.4) is 0 Å². The Balaban J connectivity index is 0.000000640. The molecule has 4 nitrogen and oxygen atoms in total. The summed E-state index contributed by atoms with van der Waals surface area (Å²) in [5, 5.41) is 0.959. The Morgan fingerprint density at radius 2 is 1.94 bits per heavy atom. The SMILES string of the molecule is Cl.Cl.NC1(c2ncc3cccnc3n2)CC1. The quantitative estimate of drug-likeness (QED) is 0.848. The first-order chi connectivity index (χ1) is 6.78. The van der Waals surface area contributed by atoms with Crippen molar-refractivity contribution in [2.75, 3.05) is 0 Å². The van der Waals surface area contributed by atoms with Crippen LogP contribution in [-0.2, 0) is 5.54 Å². The van der Waals surface area contributed by atoms with Crippen LogP contribution >= 0.6 is 24.8 Å². The second-order valence-corrected chi connectivity index (χ2v) is 3.77. The Labute approximate surface area is 106 Å². The van der Waals surface area contributed by atoms with E-state index in [9.17, 15) is 0 Å². The molecule has 3 rings (SSSR count). The first-order valence-corrected chi connectivity index (χ1v) is 4.65. The van der Waals surface area contributed by atoms with Crippen molar-refractivity contribution in [3.63, 3.8) is 0 Å². The summed E-state index contributed by atoms with van der Waals surface area (Å²) >= 11 is 0. The molecule has 0 aromatic carbocycles. The standard InChI is InChI=1S/C10H10N4.2ClH/c11-10(3-4-10)9-13-6-7-2-1-5-12-8(7)14-9;;/h1-2,5-6H,3-4,11H2;2*1H. The molecule has 16 heavy (non-hydrogen) atoms. The van der Waals surface area contributed by atoms with Crippen molar-refractivity contribution in [1.29, 1.82) is 0 Å². The highest BCUT2D eigenvalue weighted by atomic mass is 35.5. The third kappa shape index (κ3) is 2.09. The average molecular weight is 259 g/mol. The van der Waals surface area contributed by atoms with E-state index in [1.807, 2.05) is 12.1 Å². The molecule has 1 saturated carbocycles. The summed E-state index contributed by atoms with van der Waals surface area (Å²) < 4.78 is 0. The number of pyridine rings is 1. The van der Waals surface area contributed by atoms with Crippen LogP contribution in [0, 0.1) is 0 Å². The van der Waals surface area contributed by atoms with E-state index in [0.29, 0.717) is 0 Å². The van der Waals surface area contributed by atoms with E-state index in [-0.39, 0.29) is 30.4 Å². The first-order valence-electron chi connectivity index (χ1n) is 4.65. The second-order valence-electron chi connectivity index (χ2n) is 3.77. The lowest BCUT2D eigenvalue weighted by molar-refractivity contribution is 0.676. The first kappa shape index (κ1) is 13.1. The molecule has 86 valence electrons. The van der Waals surface area contributed by atoms with Crippen molar-refractivity contribution in [3.8, 4) is 0 Å². The van der Waals surface area contributed by atoms with E-state index in [2.05, 4.69) is 15.0 Å². The zero-order chi connectivity index (χ0) is 9.60. The van der Waals surface area contributed by atoms with Crippen LogP contribution in [0.15, 0.2) is 24.5 Å². The maximum absolute atomic E-state index is 6.01. The Bertz CT molecular complexity index is 499. The summed E-state index contributed by atoms with van der Waals surface area (Å²) in [5.74, 6) is 0.726. The van der Waals surface area contributed by atoms with Crippen LogP contribution in [-0.4, -0.2) is 15.0 Å². The zero-order valence-corrected chi connectivity index (χ0v) is 10.1. The molecule has 0 bridgehead atoms. The van der Waals surface area contributed by atoms with Crippen molar-refractivity contribution in [2.45, 2.75) is 18.4 Å². The molecule has 0 unspecified atom stereocenters. The molecule has 1 aliphatic carbocycles. The number of hydrogen-bond acceptors (Lipinski definition) is 4. The summed E-state index contributed by atoms with van der Waals surface area (Å²) in [6, 6.07) is 3.82. The van der Waals surface area contributed by atoms with Gasteiger partial charge in [-0.1, -0.05) is 0 Å². The Kier molecular flexibility index (Phi) is 3.68. The molecule has 2 aromatic rings. The van der Waals surface area contributed by atoms with E-state index >= 15 is 0 Å². The fourth-order valence-corrected chi connectivity index (χ4v) is 1.46. The lowest BCUT2D eigenvalue weighted by Crippen LogP contribution is -2.22. The van der Waals surface area contributed by atoms with Crippen LogP contribution in [0.4, 0.5) is 0 Å². The highest BCUT2D eigenvalue weighted by molar-refractivity contribution is 5.85. The fraction of sp³-hybridized carbons (Fsp3) is 0.300. The van der Waals surface area contributed by atoms with Crippen molar-refractivity contribution in [3.05, 3.63) is 30.4 Å². The molecule has 0 radical (unpaired) electrons. The molecule has 0 atom stereocenters. The van der Waals surface area contributed by atoms with Crippen LogP contribution < -0.4 is 5.73 Å². The van der Waals surface area contributed by atoms with E-state index in [1.165, 1.54) is 0 Å². The topological polar surface area (TPSA) is 64.7 Å². The third-order valence-electron chi connectivity index (χ3n) is 2.59. The van der Waals surface area contributed by atoms with Crippen LogP contribution in [0.2, 0.25) is 0 Å². The second kappa shape index (κ2) is 4.49. The predicted octanol–water partition coefficient (Wildman–Crippen LogP) is 1.82. The zero-order valence-electron chi connectivity index (χ0n) is 8.46. The maximum Gasteiger partial charge on any atom is 0.162 e. The Hall–Kier alpha value is -0.970. The number of nitrogens with two attached hydrogens (primary N) is 1. The maximum atomic E-state index is 6.01. The number of nitrogens with zero attached hydrogens (tertiary/aromatic N) is 3. The molecule has 0 spiro atoms. The minimum atomic E-state index is -0.272. The summed E-state index contributed by atoms with van der Waals surface area (Å²) in [6.45, 7) is 0. The van der Waals surface area contributed by atoms with Gasteiger partial charge in [-0.25, -0.2) is 15.0 Å². The monoisotopic (exact) mass is 258 g/mol. The van der Waals surface area contributed by atoms with Gasteiger partial charge in [0.15, 0.2) is 11.5 Å². The predicted molar refractivity (Wildman–Crippen MR) is 66.9 cm³/mol. The van der Waals surface area contributed by atoms with Gasteiger partial charge in [0.25, 0.3) is 0 Å². The smallest absolute Gasteiger partial charge is 0.162 e. The summed E-state index contributed by atoms with van der Waals surface area (Å²) in [5.41, 5.74) is 6.46. The highest BCUT2D eigenvalue weighted by Crippen LogP contribution is 2.40. The van der Waals surface area contributed by atoms with Crippen molar-refractivity contribution in [1.82, 2.24) is 15.0 Å². The molecular weight excluding hydrogens is 247 g/mol. The van der Waals surface area contributed by atoms with Crippen LogP contribution in [0.25, 0.3) is 11.0 Å². The van der Waals surface area contributed by atoms with Gasteiger partial charge in [-0.2, -0.15) is 0 Å². The van der Waals surface area contributed by atoms with Gasteiger partial charge in [0.2, 0.25) is 0 Å². The van der Waals surface area contributed by atoms with Crippen molar-refractivity contribution in [2.24, 2.45) is 5.73 Å². The number of fused-ring (bicyclic) bond motifs is 1. The highest BCUT2D eigenvalue weighted by Gasteiger charge is 2.43. The molecule has 6 heteroatoms. The normalized spacial score (nSPS) is 16.1. The summed E-state index contributed by atoms with van der Waals surface area (Å²) in [7, 11) is 0. The molecular formula is C10H12Cl2N4. The van der Waals surface area contributed by atoms with Gasteiger partial charge < -0.3 is 5.73 Å². The third-order valence-corrected chi connectivity index (χ3v) is 2.59. The number of rotatable bonds is 1. The lowest BCUT2D eigenvalue weighted by Gasteiger charge is -2.06. The van der Waals surface area contributed by atoms with Crippen molar-refractivity contribution >= 4 is 35.8 Å². The fourth-order valence-electron chi connectivity index (χ4n) is 1.46. The van der Waals surface area contributed by atoms with Gasteiger partial charge in [-0.15, -0.1) is 24.8 Å².